The van der Waals surface area contributed by atoms with E-state index < -0.39 is 41.3 Å². The number of halogens is 1. The van der Waals surface area contributed by atoms with Crippen LogP contribution in [0.5, 0.6) is 0 Å². The van der Waals surface area contributed by atoms with Crippen LogP contribution in [-0.4, -0.2) is 81.3 Å². The summed E-state index contributed by atoms with van der Waals surface area (Å²) in [7, 11) is 0. The number of aliphatic hydroxyl groups excluding tert-OH is 3. The molecule has 2 heterocycles. The van der Waals surface area contributed by atoms with Gasteiger partial charge in [0.1, 0.15) is 29.9 Å². The Balaban J connectivity index is 2.09. The van der Waals surface area contributed by atoms with Crippen LogP contribution < -0.4 is 10.6 Å². The number of rotatable bonds is 6. The predicted octanol–water partition coefficient (Wildman–Crippen LogP) is 0.0473. The maximum absolute atomic E-state index is 12.7. The fraction of sp³-hybridized carbons (Fsp3) is 0.941. The Hall–Kier alpha value is -0.0900. The average molecular weight is 411 g/mol. The third kappa shape index (κ3) is 5.04. The van der Waals surface area contributed by atoms with Crippen LogP contribution in [0.3, 0.4) is 0 Å². The van der Waals surface area contributed by atoms with Gasteiger partial charge in [0.15, 0.2) is 0 Å². The number of piperidine rings is 1. The molecule has 0 aromatic heterocycles. The highest BCUT2D eigenvalue weighted by molar-refractivity contribution is 7.99. The molecule has 2 rings (SSSR count). The molecule has 0 saturated carbocycles. The van der Waals surface area contributed by atoms with E-state index in [1.165, 1.54) is 11.8 Å². The number of nitrogens with one attached hydrogen (secondary N) is 2. The molecule has 9 atom stereocenters. The third-order valence-electron chi connectivity index (χ3n) is 5.40. The Morgan fingerprint density at radius 1 is 1.35 bits per heavy atom. The number of aliphatic hydroxyl groups is 3. The Bertz CT molecular complexity index is 470. The molecule has 0 aliphatic carbocycles. The van der Waals surface area contributed by atoms with Gasteiger partial charge in [-0.1, -0.05) is 13.3 Å². The summed E-state index contributed by atoms with van der Waals surface area (Å²) >= 11 is 7.51. The molecular weight excluding hydrogens is 380 g/mol. The van der Waals surface area contributed by atoms with E-state index >= 15 is 0 Å². The van der Waals surface area contributed by atoms with Crippen molar-refractivity contribution in [3.8, 4) is 0 Å². The summed E-state index contributed by atoms with van der Waals surface area (Å²) in [6.07, 6.45) is -0.236. The average Bonchev–Trinajstić information content (AvgIpc) is 2.64. The monoisotopic (exact) mass is 410 g/mol. The summed E-state index contributed by atoms with van der Waals surface area (Å²) in [6, 6.07) is -1.00. The minimum atomic E-state index is -1.36. The van der Waals surface area contributed by atoms with Crippen LogP contribution in [0.1, 0.15) is 33.1 Å². The molecule has 2 fully saturated rings. The first-order valence-corrected chi connectivity index (χ1v) is 10.9. The molecule has 2 saturated heterocycles. The van der Waals surface area contributed by atoms with Crippen molar-refractivity contribution in [3.05, 3.63) is 0 Å². The molecule has 0 aromatic carbocycles. The lowest BCUT2D eigenvalue weighted by molar-refractivity contribution is -0.205. The number of thioether (sulfide) groups is 1. The van der Waals surface area contributed by atoms with Crippen molar-refractivity contribution in [2.75, 3.05) is 12.8 Å². The first kappa shape index (κ1) is 22.2. The summed E-state index contributed by atoms with van der Waals surface area (Å²) < 4.78 is 5.77. The van der Waals surface area contributed by atoms with Gasteiger partial charge in [0.2, 0.25) is 5.91 Å². The lowest BCUT2D eigenvalue weighted by atomic mass is 9.89. The van der Waals surface area contributed by atoms with E-state index in [9.17, 15) is 20.1 Å². The highest BCUT2D eigenvalue weighted by Gasteiger charge is 2.48. The standard InChI is InChI=1S/C17H31ClN2O5S/c1-4-9-5-6-19-10(7-9)16(24)20-11(8(2)18)15-13(22)12(21)14(23)17(25-15)26-3/h8-15,17,19,21-23H,4-7H2,1-3H3,(H,20,24)/t8-,9-,10+,11+,12-,13-,14+,15+,17-/m1/s1. The molecule has 1 amide bonds. The van der Waals surface area contributed by atoms with Crippen molar-refractivity contribution in [2.45, 2.75) is 80.4 Å². The van der Waals surface area contributed by atoms with Crippen molar-refractivity contribution in [3.63, 3.8) is 0 Å². The molecule has 2 aliphatic heterocycles. The van der Waals surface area contributed by atoms with Gasteiger partial charge in [-0.05, 0) is 38.5 Å². The lowest BCUT2D eigenvalue weighted by Crippen LogP contribution is -2.65. The van der Waals surface area contributed by atoms with E-state index in [1.54, 1.807) is 13.2 Å². The van der Waals surface area contributed by atoms with E-state index in [1.807, 2.05) is 0 Å². The first-order chi connectivity index (χ1) is 12.3. The molecule has 152 valence electrons. The number of ether oxygens (including phenoxy) is 1. The van der Waals surface area contributed by atoms with E-state index in [0.29, 0.717) is 5.92 Å². The van der Waals surface area contributed by atoms with E-state index in [-0.39, 0.29) is 11.9 Å². The van der Waals surface area contributed by atoms with Crippen LogP contribution >= 0.6 is 23.4 Å². The second kappa shape index (κ2) is 9.91. The van der Waals surface area contributed by atoms with Crippen LogP contribution in [0.25, 0.3) is 0 Å². The SMILES string of the molecule is CC[C@@H]1CCN[C@H](C(=O)N[C@H]([C@@H]2O[C@H](SC)[C@@H](O)[C@H](O)[C@H]2O)[C@@H](C)Cl)C1. The van der Waals surface area contributed by atoms with Crippen LogP contribution in [-0.2, 0) is 9.53 Å². The van der Waals surface area contributed by atoms with Gasteiger partial charge in [-0.3, -0.25) is 4.79 Å². The van der Waals surface area contributed by atoms with Crippen LogP contribution in [0.2, 0.25) is 0 Å². The van der Waals surface area contributed by atoms with Crippen molar-refractivity contribution in [1.82, 2.24) is 10.6 Å². The summed E-state index contributed by atoms with van der Waals surface area (Å²) in [5, 5.41) is 36.1. The smallest absolute Gasteiger partial charge is 0.237 e. The second-order valence-corrected chi connectivity index (χ2v) is 8.82. The third-order valence-corrected chi connectivity index (χ3v) is 6.53. The number of hydrogen-bond donors (Lipinski definition) is 5. The maximum atomic E-state index is 12.7. The second-order valence-electron chi connectivity index (χ2n) is 7.19. The molecule has 0 aromatic rings. The molecule has 0 radical (unpaired) electrons. The van der Waals surface area contributed by atoms with Gasteiger partial charge in [0, 0.05) is 0 Å². The number of amides is 1. The fourth-order valence-corrected chi connectivity index (χ4v) is 4.54. The molecular formula is C17H31ClN2O5S. The van der Waals surface area contributed by atoms with E-state index in [2.05, 4.69) is 17.6 Å². The van der Waals surface area contributed by atoms with Crippen molar-refractivity contribution in [2.24, 2.45) is 5.92 Å². The Kier molecular flexibility index (Phi) is 8.46. The summed E-state index contributed by atoms with van der Waals surface area (Å²) in [6.45, 7) is 4.62. The van der Waals surface area contributed by atoms with E-state index in [0.717, 1.165) is 25.8 Å². The van der Waals surface area contributed by atoms with Crippen molar-refractivity contribution in [1.29, 1.82) is 0 Å². The molecule has 7 nitrogen and oxygen atoms in total. The number of hydrogen-bond acceptors (Lipinski definition) is 7. The van der Waals surface area contributed by atoms with E-state index in [4.69, 9.17) is 16.3 Å². The van der Waals surface area contributed by atoms with Gasteiger partial charge in [-0.25, -0.2) is 0 Å². The molecule has 2 aliphatic rings. The summed E-state index contributed by atoms with van der Waals surface area (Å²) in [4.78, 5) is 12.7. The first-order valence-electron chi connectivity index (χ1n) is 9.20. The Labute approximate surface area is 164 Å². The lowest BCUT2D eigenvalue weighted by Gasteiger charge is -2.44. The highest BCUT2D eigenvalue weighted by atomic mass is 35.5. The molecule has 0 bridgehead atoms. The normalized spacial score (nSPS) is 40.7. The quantitative estimate of drug-likeness (QED) is 0.393. The van der Waals surface area contributed by atoms with Crippen LogP contribution in [0, 0.1) is 5.92 Å². The van der Waals surface area contributed by atoms with Gasteiger partial charge < -0.3 is 30.7 Å². The Morgan fingerprint density at radius 3 is 2.62 bits per heavy atom. The topological polar surface area (TPSA) is 111 Å². The van der Waals surface area contributed by atoms with Gasteiger partial charge in [0.25, 0.3) is 0 Å². The van der Waals surface area contributed by atoms with Crippen LogP contribution in [0.4, 0.5) is 0 Å². The van der Waals surface area contributed by atoms with Crippen molar-refractivity contribution < 1.29 is 24.9 Å². The molecule has 0 spiro atoms. The summed E-state index contributed by atoms with van der Waals surface area (Å²) in [5.74, 6) is 0.325. The molecule has 9 heteroatoms. The minimum Gasteiger partial charge on any atom is -0.388 e. The largest absolute Gasteiger partial charge is 0.388 e. The zero-order valence-corrected chi connectivity index (χ0v) is 17.0. The van der Waals surface area contributed by atoms with Gasteiger partial charge >= 0.3 is 0 Å². The van der Waals surface area contributed by atoms with Crippen molar-refractivity contribution >= 4 is 29.3 Å². The van der Waals surface area contributed by atoms with Gasteiger partial charge in [-0.2, -0.15) is 0 Å². The maximum Gasteiger partial charge on any atom is 0.237 e. The number of alkyl halides is 1. The minimum absolute atomic E-state index is 0.183. The zero-order valence-electron chi connectivity index (χ0n) is 15.5. The Morgan fingerprint density at radius 2 is 2.04 bits per heavy atom. The van der Waals surface area contributed by atoms with Gasteiger partial charge in [0.05, 0.1) is 17.5 Å². The molecule has 5 N–H and O–H groups in total. The fourth-order valence-electron chi connectivity index (χ4n) is 3.66. The number of carbonyl (C=O) groups is 1. The highest BCUT2D eigenvalue weighted by Crippen LogP contribution is 2.30. The molecule has 26 heavy (non-hydrogen) atoms. The van der Waals surface area contributed by atoms with Crippen LogP contribution in [0.15, 0.2) is 0 Å². The number of carbonyl (C=O) groups excluding carboxylic acids is 1. The zero-order chi connectivity index (χ0) is 19.4. The predicted molar refractivity (Wildman–Crippen MR) is 102 cm³/mol. The summed E-state index contributed by atoms with van der Waals surface area (Å²) in [5.41, 5.74) is -0.703. The molecule has 0 unspecified atom stereocenters. The van der Waals surface area contributed by atoms with Gasteiger partial charge in [-0.15, -0.1) is 23.4 Å².